The molecule has 140 valence electrons. The number of carbonyl (C=O) groups excluding carboxylic acids is 2. The summed E-state index contributed by atoms with van der Waals surface area (Å²) in [6, 6.07) is 0.887. The van der Waals surface area contributed by atoms with E-state index in [0.29, 0.717) is 0 Å². The Morgan fingerprint density at radius 2 is 1.85 bits per heavy atom. The monoisotopic (exact) mass is 382 g/mol. The van der Waals surface area contributed by atoms with Gasteiger partial charge in [-0.1, -0.05) is 29.8 Å². The molecule has 0 aliphatic carbocycles. The number of esters is 1. The molecule has 1 aromatic carbocycles. The first kappa shape index (κ1) is 20.0. The molecule has 0 amide bonds. The largest absolute Gasteiger partial charge is 0.507 e. The molecular weight excluding hydrogens is 364 g/mol. The highest BCUT2D eigenvalue weighted by Gasteiger charge is 2.27. The lowest BCUT2D eigenvalue weighted by Gasteiger charge is -2.21. The maximum atomic E-state index is 12.5. The number of hydrogen-bond donors (Lipinski definition) is 4. The molecule has 1 heterocycles. The standard InChI is InChI=1S/C18H19ClO7/c1-9-6-13(22)12(21)5-3-2-4-10(20)7-11-16(18(25)26-9)14(23)8-15(24)17(11)19/h2-5,8-9,12-13,21-24H,6-7H2,1H3. The maximum absolute atomic E-state index is 12.5. The molecule has 0 saturated carbocycles. The Morgan fingerprint density at radius 3 is 2.54 bits per heavy atom. The van der Waals surface area contributed by atoms with Gasteiger partial charge in [-0.2, -0.15) is 0 Å². The summed E-state index contributed by atoms with van der Waals surface area (Å²) in [5.74, 6) is -2.47. The zero-order valence-electron chi connectivity index (χ0n) is 13.9. The van der Waals surface area contributed by atoms with Gasteiger partial charge in [0.05, 0.1) is 17.2 Å². The lowest BCUT2D eigenvalue weighted by Crippen LogP contribution is -2.30. The fourth-order valence-corrected chi connectivity index (χ4v) is 2.77. The van der Waals surface area contributed by atoms with E-state index in [9.17, 15) is 30.0 Å². The number of phenolic OH excluding ortho intramolecular Hbond substituents is 2. The predicted molar refractivity (Wildman–Crippen MR) is 93.3 cm³/mol. The lowest BCUT2D eigenvalue weighted by atomic mass is 9.99. The first-order valence-electron chi connectivity index (χ1n) is 7.88. The minimum Gasteiger partial charge on any atom is -0.507 e. The number of ether oxygens (including phenoxy) is 1. The molecule has 0 bridgehead atoms. The number of aromatic hydroxyl groups is 2. The minimum atomic E-state index is -1.20. The Labute approximate surface area is 154 Å². The molecule has 1 aliphatic rings. The Morgan fingerprint density at radius 1 is 1.15 bits per heavy atom. The van der Waals surface area contributed by atoms with Crippen molar-refractivity contribution in [2.24, 2.45) is 0 Å². The van der Waals surface area contributed by atoms with Gasteiger partial charge >= 0.3 is 5.97 Å². The van der Waals surface area contributed by atoms with Gasteiger partial charge in [0.25, 0.3) is 0 Å². The van der Waals surface area contributed by atoms with Crippen LogP contribution in [0.3, 0.4) is 0 Å². The van der Waals surface area contributed by atoms with Crippen LogP contribution in [0.5, 0.6) is 11.5 Å². The highest BCUT2D eigenvalue weighted by Crippen LogP contribution is 2.37. The third-order valence-corrected chi connectivity index (χ3v) is 4.28. The molecule has 0 aromatic heterocycles. The molecule has 3 atom stereocenters. The van der Waals surface area contributed by atoms with Gasteiger partial charge in [-0.3, -0.25) is 4.79 Å². The van der Waals surface area contributed by atoms with Gasteiger partial charge in [0.1, 0.15) is 23.2 Å². The summed E-state index contributed by atoms with van der Waals surface area (Å²) >= 11 is 6.01. The number of phenols is 2. The zero-order chi connectivity index (χ0) is 19.4. The number of benzene rings is 1. The summed E-state index contributed by atoms with van der Waals surface area (Å²) in [5.41, 5.74) is -0.387. The highest BCUT2D eigenvalue weighted by atomic mass is 35.5. The second kappa shape index (κ2) is 8.35. The fourth-order valence-electron chi connectivity index (χ4n) is 2.55. The topological polar surface area (TPSA) is 124 Å². The van der Waals surface area contributed by atoms with Crippen molar-refractivity contribution >= 4 is 23.4 Å². The second-order valence-corrected chi connectivity index (χ2v) is 6.36. The van der Waals surface area contributed by atoms with Crippen molar-refractivity contribution in [2.75, 3.05) is 0 Å². The zero-order valence-corrected chi connectivity index (χ0v) is 14.7. The van der Waals surface area contributed by atoms with E-state index in [1.165, 1.54) is 31.2 Å². The van der Waals surface area contributed by atoms with Crippen molar-refractivity contribution < 1.29 is 34.8 Å². The van der Waals surface area contributed by atoms with Crippen LogP contribution in [0.1, 0.15) is 29.3 Å². The SMILES string of the molecule is CC1CC(O)C(O)C=CC=CC(=O)Cc2c(Cl)c(O)cc(O)c2C(=O)O1. The number of ketones is 1. The van der Waals surface area contributed by atoms with Gasteiger partial charge < -0.3 is 25.2 Å². The van der Waals surface area contributed by atoms with E-state index in [1.807, 2.05) is 0 Å². The average Bonchev–Trinajstić information content (AvgIpc) is 2.54. The fraction of sp³-hybridized carbons (Fsp3) is 0.333. The van der Waals surface area contributed by atoms with Gasteiger partial charge in [0.2, 0.25) is 0 Å². The van der Waals surface area contributed by atoms with E-state index in [4.69, 9.17) is 16.3 Å². The number of cyclic esters (lactones) is 1. The Kier molecular flexibility index (Phi) is 6.42. The van der Waals surface area contributed by atoms with Crippen molar-refractivity contribution in [3.63, 3.8) is 0 Å². The molecule has 26 heavy (non-hydrogen) atoms. The van der Waals surface area contributed by atoms with E-state index in [1.54, 1.807) is 0 Å². The summed E-state index contributed by atoms with van der Waals surface area (Å²) in [4.78, 5) is 24.6. The molecule has 2 rings (SSSR count). The van der Waals surface area contributed by atoms with E-state index in [2.05, 4.69) is 0 Å². The van der Waals surface area contributed by atoms with Crippen LogP contribution in [0.15, 0.2) is 30.4 Å². The lowest BCUT2D eigenvalue weighted by molar-refractivity contribution is -0.114. The van der Waals surface area contributed by atoms with Crippen LogP contribution in [-0.2, 0) is 16.0 Å². The number of rotatable bonds is 0. The molecule has 1 aliphatic heterocycles. The van der Waals surface area contributed by atoms with E-state index in [-0.39, 0.29) is 29.0 Å². The van der Waals surface area contributed by atoms with Crippen LogP contribution in [0.2, 0.25) is 5.02 Å². The summed E-state index contributed by atoms with van der Waals surface area (Å²) in [7, 11) is 0. The summed E-state index contributed by atoms with van der Waals surface area (Å²) in [5, 5.41) is 39.4. The van der Waals surface area contributed by atoms with E-state index < -0.39 is 41.6 Å². The van der Waals surface area contributed by atoms with Crippen LogP contribution >= 0.6 is 11.6 Å². The van der Waals surface area contributed by atoms with Gasteiger partial charge in [-0.15, -0.1) is 0 Å². The molecule has 0 fully saturated rings. The van der Waals surface area contributed by atoms with E-state index in [0.717, 1.165) is 6.07 Å². The summed E-state index contributed by atoms with van der Waals surface area (Å²) in [6.07, 6.45) is 1.64. The number of fused-ring (bicyclic) bond motifs is 1. The molecule has 0 spiro atoms. The Bertz CT molecular complexity index is 769. The molecule has 3 unspecified atom stereocenters. The van der Waals surface area contributed by atoms with Crippen molar-refractivity contribution in [2.45, 2.75) is 38.1 Å². The Hall–Kier alpha value is -2.35. The average molecular weight is 383 g/mol. The number of aliphatic hydroxyl groups is 2. The molecule has 0 radical (unpaired) electrons. The van der Waals surface area contributed by atoms with Gasteiger partial charge in [-0.05, 0) is 13.0 Å². The third kappa shape index (κ3) is 4.63. The Balaban J connectivity index is 2.51. The van der Waals surface area contributed by atoms with Crippen LogP contribution in [-0.4, -0.2) is 50.5 Å². The number of hydrogen-bond acceptors (Lipinski definition) is 7. The van der Waals surface area contributed by atoms with Crippen molar-refractivity contribution in [1.29, 1.82) is 0 Å². The maximum Gasteiger partial charge on any atom is 0.342 e. The van der Waals surface area contributed by atoms with Gasteiger partial charge in [-0.25, -0.2) is 4.79 Å². The number of aliphatic hydroxyl groups excluding tert-OH is 2. The summed E-state index contributed by atoms with van der Waals surface area (Å²) in [6.45, 7) is 1.51. The van der Waals surface area contributed by atoms with Crippen molar-refractivity contribution in [3.8, 4) is 11.5 Å². The van der Waals surface area contributed by atoms with Crippen molar-refractivity contribution in [1.82, 2.24) is 0 Å². The predicted octanol–water partition coefficient (Wildman–Crippen LogP) is 1.65. The van der Waals surface area contributed by atoms with Crippen LogP contribution < -0.4 is 0 Å². The third-order valence-electron chi connectivity index (χ3n) is 3.85. The normalized spacial score (nSPS) is 24.7. The molecule has 4 N–H and O–H groups in total. The minimum absolute atomic E-state index is 0.0538. The summed E-state index contributed by atoms with van der Waals surface area (Å²) < 4.78 is 5.19. The van der Waals surface area contributed by atoms with Crippen LogP contribution in [0, 0.1) is 0 Å². The highest BCUT2D eigenvalue weighted by molar-refractivity contribution is 6.33. The number of halogens is 1. The van der Waals surface area contributed by atoms with Gasteiger partial charge in [0.15, 0.2) is 5.78 Å². The molecule has 0 saturated heterocycles. The smallest absolute Gasteiger partial charge is 0.342 e. The molecule has 7 nitrogen and oxygen atoms in total. The number of allylic oxidation sites excluding steroid dienone is 3. The molecule has 1 aromatic rings. The number of carbonyl (C=O) groups is 2. The first-order valence-corrected chi connectivity index (χ1v) is 8.26. The first-order chi connectivity index (χ1) is 12.2. The molecule has 8 heteroatoms. The quantitative estimate of drug-likeness (QED) is 0.503. The van der Waals surface area contributed by atoms with Gasteiger partial charge in [0, 0.05) is 24.5 Å². The van der Waals surface area contributed by atoms with E-state index >= 15 is 0 Å². The van der Waals surface area contributed by atoms with Crippen LogP contribution in [0.25, 0.3) is 0 Å². The second-order valence-electron chi connectivity index (χ2n) is 5.98. The van der Waals surface area contributed by atoms with Crippen LogP contribution in [0.4, 0.5) is 0 Å². The molecular formula is C18H19ClO7. The van der Waals surface area contributed by atoms with Crippen molar-refractivity contribution in [3.05, 3.63) is 46.5 Å².